The SMILES string of the molecule is CCCNC(=O)c1c(C)[nH]c(/C=C2\C(=O)Nc3ccc(S(C)(=O)=O)cc32)c1C. The standard InChI is InChI=1S/C20H23N3O4S/c1-5-8-21-20(25)18-11(2)17(22-12(18)3)10-15-14-9-13(28(4,26)27)6-7-16(14)23-19(15)24/h6-7,9-10,22H,5,8H2,1-4H3,(H,21,25)(H,23,24)/b15-10-. The smallest absolute Gasteiger partial charge is 0.256 e. The van der Waals surface area contributed by atoms with Crippen molar-refractivity contribution in [3.05, 3.63) is 46.3 Å². The summed E-state index contributed by atoms with van der Waals surface area (Å²) in [6.07, 6.45) is 3.62. The number of amides is 2. The summed E-state index contributed by atoms with van der Waals surface area (Å²) in [6, 6.07) is 4.55. The van der Waals surface area contributed by atoms with Crippen LogP contribution in [0.5, 0.6) is 0 Å². The highest BCUT2D eigenvalue weighted by atomic mass is 32.2. The van der Waals surface area contributed by atoms with Gasteiger partial charge in [-0.1, -0.05) is 6.92 Å². The van der Waals surface area contributed by atoms with Gasteiger partial charge in [-0.3, -0.25) is 9.59 Å². The van der Waals surface area contributed by atoms with E-state index in [0.29, 0.717) is 40.3 Å². The fourth-order valence-electron chi connectivity index (χ4n) is 3.27. The first-order valence-corrected chi connectivity index (χ1v) is 10.9. The lowest BCUT2D eigenvalue weighted by Crippen LogP contribution is -2.24. The van der Waals surface area contributed by atoms with E-state index in [2.05, 4.69) is 15.6 Å². The number of anilines is 1. The Balaban J connectivity index is 2.07. The molecule has 0 fully saturated rings. The molecule has 8 heteroatoms. The second-order valence-electron chi connectivity index (χ2n) is 6.91. The zero-order chi connectivity index (χ0) is 20.6. The third kappa shape index (κ3) is 3.60. The average molecular weight is 401 g/mol. The van der Waals surface area contributed by atoms with Gasteiger partial charge < -0.3 is 15.6 Å². The quantitative estimate of drug-likeness (QED) is 0.669. The molecular weight excluding hydrogens is 378 g/mol. The van der Waals surface area contributed by atoms with Crippen molar-refractivity contribution >= 4 is 39.0 Å². The number of hydrogen-bond donors (Lipinski definition) is 3. The van der Waals surface area contributed by atoms with Crippen molar-refractivity contribution in [2.24, 2.45) is 0 Å². The molecule has 28 heavy (non-hydrogen) atoms. The van der Waals surface area contributed by atoms with Crippen molar-refractivity contribution in [2.45, 2.75) is 32.1 Å². The summed E-state index contributed by atoms with van der Waals surface area (Å²) in [4.78, 5) is 28.2. The molecule has 1 aromatic heterocycles. The summed E-state index contributed by atoms with van der Waals surface area (Å²) in [5.74, 6) is -0.474. The second-order valence-corrected chi connectivity index (χ2v) is 8.93. The van der Waals surface area contributed by atoms with Crippen molar-refractivity contribution in [3.63, 3.8) is 0 Å². The van der Waals surface area contributed by atoms with Gasteiger partial charge in [0, 0.05) is 35.4 Å². The van der Waals surface area contributed by atoms with Crippen molar-refractivity contribution in [1.82, 2.24) is 10.3 Å². The van der Waals surface area contributed by atoms with Crippen LogP contribution in [0.4, 0.5) is 5.69 Å². The molecule has 0 spiro atoms. The molecule has 2 aromatic rings. The highest BCUT2D eigenvalue weighted by Crippen LogP contribution is 2.35. The minimum absolute atomic E-state index is 0.146. The number of hydrogen-bond acceptors (Lipinski definition) is 4. The van der Waals surface area contributed by atoms with Crippen LogP contribution in [0.1, 0.15) is 46.2 Å². The van der Waals surface area contributed by atoms with Crippen LogP contribution in [0, 0.1) is 13.8 Å². The highest BCUT2D eigenvalue weighted by Gasteiger charge is 2.27. The summed E-state index contributed by atoms with van der Waals surface area (Å²) < 4.78 is 23.7. The zero-order valence-corrected chi connectivity index (χ0v) is 17.1. The Bertz CT molecular complexity index is 1110. The molecule has 3 rings (SSSR count). The summed E-state index contributed by atoms with van der Waals surface area (Å²) in [5.41, 5.74) is 4.08. The number of nitrogens with one attached hydrogen (secondary N) is 3. The predicted molar refractivity (Wildman–Crippen MR) is 109 cm³/mol. The van der Waals surface area contributed by atoms with E-state index in [1.54, 1.807) is 19.1 Å². The first-order chi connectivity index (χ1) is 13.1. The maximum atomic E-state index is 12.5. The summed E-state index contributed by atoms with van der Waals surface area (Å²) >= 11 is 0. The first kappa shape index (κ1) is 19.9. The van der Waals surface area contributed by atoms with Crippen LogP contribution in [0.3, 0.4) is 0 Å². The Morgan fingerprint density at radius 3 is 2.61 bits per heavy atom. The van der Waals surface area contributed by atoms with Gasteiger partial charge in [0.15, 0.2) is 9.84 Å². The van der Waals surface area contributed by atoms with E-state index in [1.165, 1.54) is 12.1 Å². The number of aromatic amines is 1. The Labute approximate surface area is 164 Å². The molecule has 0 atom stereocenters. The molecule has 148 valence electrons. The fourth-order valence-corrected chi connectivity index (χ4v) is 3.92. The molecule has 1 aromatic carbocycles. The normalized spacial score (nSPS) is 14.9. The van der Waals surface area contributed by atoms with Crippen LogP contribution in [-0.2, 0) is 14.6 Å². The number of carbonyl (C=O) groups excluding carboxylic acids is 2. The summed E-state index contributed by atoms with van der Waals surface area (Å²) in [6.45, 7) is 6.19. The predicted octanol–water partition coefficient (Wildman–Crippen LogP) is 2.67. The second kappa shape index (κ2) is 7.27. The van der Waals surface area contributed by atoms with Gasteiger partial charge in [-0.2, -0.15) is 0 Å². The van der Waals surface area contributed by atoms with E-state index in [-0.39, 0.29) is 16.7 Å². The summed E-state index contributed by atoms with van der Waals surface area (Å²) in [5, 5.41) is 5.60. The number of benzene rings is 1. The summed E-state index contributed by atoms with van der Waals surface area (Å²) in [7, 11) is -3.40. The lowest BCUT2D eigenvalue weighted by atomic mass is 10.0. The van der Waals surface area contributed by atoms with E-state index in [1.807, 2.05) is 13.8 Å². The zero-order valence-electron chi connectivity index (χ0n) is 16.3. The van der Waals surface area contributed by atoms with Gasteiger partial charge in [0.2, 0.25) is 0 Å². The number of sulfone groups is 1. The minimum atomic E-state index is -3.40. The van der Waals surface area contributed by atoms with Crippen LogP contribution in [-0.4, -0.2) is 38.0 Å². The Morgan fingerprint density at radius 2 is 1.96 bits per heavy atom. The van der Waals surface area contributed by atoms with Crippen molar-refractivity contribution in [3.8, 4) is 0 Å². The van der Waals surface area contributed by atoms with Crippen molar-refractivity contribution in [1.29, 1.82) is 0 Å². The van der Waals surface area contributed by atoms with Gasteiger partial charge in [-0.05, 0) is 50.1 Å². The number of H-pyrrole nitrogens is 1. The number of carbonyl (C=O) groups is 2. The molecule has 0 bridgehead atoms. The minimum Gasteiger partial charge on any atom is -0.358 e. The maximum Gasteiger partial charge on any atom is 0.256 e. The third-order valence-corrected chi connectivity index (χ3v) is 5.84. The van der Waals surface area contributed by atoms with E-state index in [4.69, 9.17) is 0 Å². The van der Waals surface area contributed by atoms with Crippen molar-refractivity contribution in [2.75, 3.05) is 18.1 Å². The first-order valence-electron chi connectivity index (χ1n) is 8.98. The number of aryl methyl sites for hydroxylation is 1. The van der Waals surface area contributed by atoms with E-state index >= 15 is 0 Å². The van der Waals surface area contributed by atoms with Gasteiger partial charge >= 0.3 is 0 Å². The molecule has 1 aliphatic rings. The van der Waals surface area contributed by atoms with Crippen molar-refractivity contribution < 1.29 is 18.0 Å². The molecule has 2 heterocycles. The van der Waals surface area contributed by atoms with E-state index in [0.717, 1.165) is 18.2 Å². The van der Waals surface area contributed by atoms with Crippen LogP contribution >= 0.6 is 0 Å². The lowest BCUT2D eigenvalue weighted by Gasteiger charge is -2.04. The molecule has 0 saturated heterocycles. The monoisotopic (exact) mass is 401 g/mol. The Morgan fingerprint density at radius 1 is 1.25 bits per heavy atom. The number of fused-ring (bicyclic) bond motifs is 1. The molecule has 0 radical (unpaired) electrons. The molecule has 7 nitrogen and oxygen atoms in total. The Hall–Kier alpha value is -2.87. The molecule has 0 saturated carbocycles. The third-order valence-electron chi connectivity index (χ3n) is 4.73. The Kier molecular flexibility index (Phi) is 5.16. The molecule has 1 aliphatic heterocycles. The molecular formula is C20H23N3O4S. The van der Waals surface area contributed by atoms with Gasteiger partial charge in [0.25, 0.3) is 11.8 Å². The van der Waals surface area contributed by atoms with Crippen LogP contribution in [0.2, 0.25) is 0 Å². The van der Waals surface area contributed by atoms with Crippen LogP contribution in [0.15, 0.2) is 23.1 Å². The van der Waals surface area contributed by atoms with Gasteiger partial charge in [-0.15, -0.1) is 0 Å². The van der Waals surface area contributed by atoms with Crippen LogP contribution < -0.4 is 10.6 Å². The number of aromatic nitrogens is 1. The van der Waals surface area contributed by atoms with Crippen LogP contribution in [0.25, 0.3) is 11.6 Å². The molecule has 2 amide bonds. The van der Waals surface area contributed by atoms with Gasteiger partial charge in [0.1, 0.15) is 0 Å². The molecule has 0 aliphatic carbocycles. The highest BCUT2D eigenvalue weighted by molar-refractivity contribution is 7.90. The lowest BCUT2D eigenvalue weighted by molar-refractivity contribution is -0.110. The topological polar surface area (TPSA) is 108 Å². The van der Waals surface area contributed by atoms with E-state index in [9.17, 15) is 18.0 Å². The average Bonchev–Trinajstić information content (AvgIpc) is 3.08. The fraction of sp³-hybridized carbons (Fsp3) is 0.300. The van der Waals surface area contributed by atoms with Gasteiger partial charge in [0.05, 0.1) is 16.0 Å². The number of rotatable bonds is 5. The molecule has 3 N–H and O–H groups in total. The largest absolute Gasteiger partial charge is 0.358 e. The van der Waals surface area contributed by atoms with Gasteiger partial charge in [-0.25, -0.2) is 8.42 Å². The van der Waals surface area contributed by atoms with E-state index < -0.39 is 9.84 Å². The molecule has 0 unspecified atom stereocenters. The maximum absolute atomic E-state index is 12.5.